The Balaban J connectivity index is 0.00000106. The van der Waals surface area contributed by atoms with Gasteiger partial charge in [0.15, 0.2) is 0 Å². The largest absolute Gasteiger partial charge is 0.315 e. The van der Waals surface area contributed by atoms with Gasteiger partial charge in [0.05, 0.1) is 0 Å². The highest BCUT2D eigenvalue weighted by molar-refractivity contribution is 6.30. The number of nitrogens with one attached hydrogen (secondary N) is 1. The SMILES string of the molecule is CC.CC(Cl)CNCCc1ccc(Cl)cc1. The molecule has 92 valence electrons. The molecule has 0 fully saturated rings. The maximum atomic E-state index is 5.80. The van der Waals surface area contributed by atoms with Gasteiger partial charge in [0.1, 0.15) is 0 Å². The maximum absolute atomic E-state index is 5.80. The van der Waals surface area contributed by atoms with Crippen LogP contribution in [0.1, 0.15) is 26.3 Å². The van der Waals surface area contributed by atoms with Crippen molar-refractivity contribution in [2.75, 3.05) is 13.1 Å². The van der Waals surface area contributed by atoms with Gasteiger partial charge in [0.25, 0.3) is 0 Å². The van der Waals surface area contributed by atoms with E-state index >= 15 is 0 Å². The zero-order valence-electron chi connectivity index (χ0n) is 10.3. The highest BCUT2D eigenvalue weighted by Gasteiger charge is 1.96. The number of rotatable bonds is 5. The van der Waals surface area contributed by atoms with Crippen molar-refractivity contribution in [3.05, 3.63) is 34.9 Å². The number of hydrogen-bond donors (Lipinski definition) is 1. The Kier molecular flexibility index (Phi) is 9.80. The Morgan fingerprint density at radius 2 is 1.75 bits per heavy atom. The first kappa shape index (κ1) is 15.8. The van der Waals surface area contributed by atoms with E-state index in [1.165, 1.54) is 5.56 Å². The third kappa shape index (κ3) is 7.98. The molecule has 1 N–H and O–H groups in total. The van der Waals surface area contributed by atoms with Crippen molar-refractivity contribution in [1.82, 2.24) is 5.32 Å². The maximum Gasteiger partial charge on any atom is 0.0432 e. The second kappa shape index (κ2) is 9.95. The van der Waals surface area contributed by atoms with E-state index in [9.17, 15) is 0 Å². The minimum Gasteiger partial charge on any atom is -0.315 e. The second-order valence-corrected chi connectivity index (χ2v) is 4.54. The van der Waals surface area contributed by atoms with Crippen LogP contribution in [0.3, 0.4) is 0 Å². The van der Waals surface area contributed by atoms with Crippen molar-refractivity contribution in [3.63, 3.8) is 0 Å². The molecule has 16 heavy (non-hydrogen) atoms. The first-order chi connectivity index (χ1) is 7.68. The topological polar surface area (TPSA) is 12.0 Å². The summed E-state index contributed by atoms with van der Waals surface area (Å²) in [5.74, 6) is 0. The van der Waals surface area contributed by atoms with Crippen LogP contribution in [0.25, 0.3) is 0 Å². The Morgan fingerprint density at radius 3 is 2.25 bits per heavy atom. The molecule has 3 heteroatoms. The number of benzene rings is 1. The van der Waals surface area contributed by atoms with Crippen LogP contribution in [0.4, 0.5) is 0 Å². The van der Waals surface area contributed by atoms with Crippen molar-refractivity contribution in [2.24, 2.45) is 0 Å². The van der Waals surface area contributed by atoms with Gasteiger partial charge in [-0.3, -0.25) is 0 Å². The minimum absolute atomic E-state index is 0.195. The molecule has 0 saturated heterocycles. The van der Waals surface area contributed by atoms with Crippen LogP contribution in [-0.4, -0.2) is 18.5 Å². The van der Waals surface area contributed by atoms with Gasteiger partial charge in [0.2, 0.25) is 0 Å². The summed E-state index contributed by atoms with van der Waals surface area (Å²) in [6, 6.07) is 7.93. The average molecular weight is 262 g/mol. The van der Waals surface area contributed by atoms with E-state index in [-0.39, 0.29) is 5.38 Å². The summed E-state index contributed by atoms with van der Waals surface area (Å²) >= 11 is 11.6. The fourth-order valence-electron chi connectivity index (χ4n) is 1.18. The monoisotopic (exact) mass is 261 g/mol. The summed E-state index contributed by atoms with van der Waals surface area (Å²) in [7, 11) is 0. The Bertz CT molecular complexity index is 257. The lowest BCUT2D eigenvalue weighted by Crippen LogP contribution is -2.23. The highest BCUT2D eigenvalue weighted by atomic mass is 35.5. The molecule has 1 aromatic rings. The molecule has 0 aromatic heterocycles. The van der Waals surface area contributed by atoms with E-state index in [4.69, 9.17) is 23.2 Å². The van der Waals surface area contributed by atoms with E-state index in [1.807, 2.05) is 45.0 Å². The Labute approximate surface area is 109 Å². The molecule has 0 aliphatic heterocycles. The van der Waals surface area contributed by atoms with Gasteiger partial charge >= 0.3 is 0 Å². The predicted molar refractivity (Wildman–Crippen MR) is 74.7 cm³/mol. The van der Waals surface area contributed by atoms with Crippen LogP contribution >= 0.6 is 23.2 Å². The van der Waals surface area contributed by atoms with E-state index < -0.39 is 0 Å². The smallest absolute Gasteiger partial charge is 0.0432 e. The van der Waals surface area contributed by atoms with Crippen LogP contribution in [0.5, 0.6) is 0 Å². The molecule has 0 saturated carbocycles. The summed E-state index contributed by atoms with van der Waals surface area (Å²) in [5.41, 5.74) is 1.30. The molecule has 1 unspecified atom stereocenters. The van der Waals surface area contributed by atoms with Crippen LogP contribution in [0.15, 0.2) is 24.3 Å². The zero-order valence-corrected chi connectivity index (χ0v) is 11.8. The van der Waals surface area contributed by atoms with E-state index in [1.54, 1.807) is 0 Å². The summed E-state index contributed by atoms with van der Waals surface area (Å²) in [6.45, 7) is 7.80. The average Bonchev–Trinajstić information content (AvgIpc) is 2.29. The molecule has 1 aromatic carbocycles. The van der Waals surface area contributed by atoms with Crippen molar-refractivity contribution < 1.29 is 0 Å². The summed E-state index contributed by atoms with van der Waals surface area (Å²) in [5, 5.41) is 4.27. The van der Waals surface area contributed by atoms with Gasteiger partial charge < -0.3 is 5.32 Å². The molecule has 0 aliphatic rings. The van der Waals surface area contributed by atoms with Gasteiger partial charge in [-0.05, 0) is 37.6 Å². The lowest BCUT2D eigenvalue weighted by Gasteiger charge is -2.05. The number of halogens is 2. The summed E-state index contributed by atoms with van der Waals surface area (Å²) in [4.78, 5) is 0. The van der Waals surface area contributed by atoms with Crippen LogP contribution in [0.2, 0.25) is 5.02 Å². The molecule has 1 nitrogen and oxygen atoms in total. The zero-order chi connectivity index (χ0) is 12.4. The quantitative estimate of drug-likeness (QED) is 0.621. The lowest BCUT2D eigenvalue weighted by molar-refractivity contribution is 0.675. The second-order valence-electron chi connectivity index (χ2n) is 3.36. The van der Waals surface area contributed by atoms with E-state index in [0.29, 0.717) is 0 Å². The van der Waals surface area contributed by atoms with Crippen molar-refractivity contribution >= 4 is 23.2 Å². The molecule has 0 aliphatic carbocycles. The third-order valence-electron chi connectivity index (χ3n) is 1.93. The van der Waals surface area contributed by atoms with E-state index in [2.05, 4.69) is 5.32 Å². The van der Waals surface area contributed by atoms with Crippen molar-refractivity contribution in [1.29, 1.82) is 0 Å². The molecule has 0 bridgehead atoms. The van der Waals surface area contributed by atoms with Gasteiger partial charge in [-0.2, -0.15) is 0 Å². The molecule has 0 amide bonds. The van der Waals surface area contributed by atoms with Crippen molar-refractivity contribution in [3.8, 4) is 0 Å². The predicted octanol–water partition coefficient (Wildman–Crippen LogP) is 4.13. The van der Waals surface area contributed by atoms with Crippen LogP contribution in [0, 0.1) is 0 Å². The molecule has 1 rings (SSSR count). The van der Waals surface area contributed by atoms with Gasteiger partial charge in [-0.1, -0.05) is 37.6 Å². The molecule has 1 atom stereocenters. The van der Waals surface area contributed by atoms with Crippen molar-refractivity contribution in [2.45, 2.75) is 32.6 Å². The number of alkyl halides is 1. The fraction of sp³-hybridized carbons (Fsp3) is 0.538. The summed E-state index contributed by atoms with van der Waals surface area (Å²) in [6.07, 6.45) is 1.01. The summed E-state index contributed by atoms with van der Waals surface area (Å²) < 4.78 is 0. The van der Waals surface area contributed by atoms with Crippen LogP contribution in [-0.2, 0) is 6.42 Å². The van der Waals surface area contributed by atoms with E-state index in [0.717, 1.165) is 24.5 Å². The van der Waals surface area contributed by atoms with Gasteiger partial charge in [-0.25, -0.2) is 0 Å². The van der Waals surface area contributed by atoms with Gasteiger partial charge in [0, 0.05) is 16.9 Å². The Hall–Kier alpha value is -0.240. The highest BCUT2D eigenvalue weighted by Crippen LogP contribution is 2.09. The fourth-order valence-corrected chi connectivity index (χ4v) is 1.42. The molecule has 0 heterocycles. The number of hydrogen-bond acceptors (Lipinski definition) is 1. The molecular weight excluding hydrogens is 241 g/mol. The van der Waals surface area contributed by atoms with Crippen LogP contribution < -0.4 is 5.32 Å². The molecule has 0 radical (unpaired) electrons. The minimum atomic E-state index is 0.195. The molecular formula is C13H21Cl2N. The van der Waals surface area contributed by atoms with Gasteiger partial charge in [-0.15, -0.1) is 11.6 Å². The third-order valence-corrected chi connectivity index (χ3v) is 2.34. The lowest BCUT2D eigenvalue weighted by atomic mass is 10.1. The molecule has 0 spiro atoms. The first-order valence-electron chi connectivity index (χ1n) is 5.77. The standard InChI is InChI=1S/C11H15Cl2N.C2H6/c1-9(12)8-14-7-6-10-2-4-11(13)5-3-10;1-2/h2-5,9,14H,6-8H2,1H3;1-2H3. The normalized spacial score (nSPS) is 11.6. The Morgan fingerprint density at radius 1 is 1.19 bits per heavy atom. The first-order valence-corrected chi connectivity index (χ1v) is 6.59.